The third kappa shape index (κ3) is 4.57. The number of aliphatic hydroxyl groups excluding tert-OH is 1. The second-order valence-electron chi connectivity index (χ2n) is 5.73. The maximum Gasteiger partial charge on any atom is 0.363 e. The SMILES string of the molecule is CC(SSc1ccccn1)c1ccc(C(=O)ON2C(=O)CCC2O)cc1. The minimum atomic E-state index is -1.06. The molecule has 1 saturated heterocycles. The summed E-state index contributed by atoms with van der Waals surface area (Å²) in [5.41, 5.74) is 1.39. The standard InChI is InChI=1S/C18H18N2O4S2/c1-12(25-26-15-4-2-3-11-19-15)13-5-7-14(8-6-13)18(23)24-20-16(21)9-10-17(20)22/h2-8,11-12,16,21H,9-10H2,1H3. The van der Waals surface area contributed by atoms with Gasteiger partial charge in [0.15, 0.2) is 6.23 Å². The molecule has 1 N–H and O–H groups in total. The van der Waals surface area contributed by atoms with Crippen LogP contribution in [0.2, 0.25) is 0 Å². The lowest BCUT2D eigenvalue weighted by Gasteiger charge is -2.18. The zero-order chi connectivity index (χ0) is 18.5. The molecule has 2 heterocycles. The van der Waals surface area contributed by atoms with Gasteiger partial charge in [-0.2, -0.15) is 0 Å². The Morgan fingerprint density at radius 3 is 2.69 bits per heavy atom. The van der Waals surface area contributed by atoms with Crippen molar-refractivity contribution in [1.29, 1.82) is 0 Å². The van der Waals surface area contributed by atoms with E-state index in [1.807, 2.05) is 30.3 Å². The molecule has 136 valence electrons. The summed E-state index contributed by atoms with van der Waals surface area (Å²) in [6, 6.07) is 12.8. The highest BCUT2D eigenvalue weighted by molar-refractivity contribution is 8.76. The number of benzene rings is 1. The lowest BCUT2D eigenvalue weighted by atomic mass is 10.1. The zero-order valence-corrected chi connectivity index (χ0v) is 15.7. The second kappa shape index (κ2) is 8.57. The third-order valence-corrected chi connectivity index (χ3v) is 6.58. The van der Waals surface area contributed by atoms with Crippen LogP contribution in [0, 0.1) is 0 Å². The van der Waals surface area contributed by atoms with Crippen LogP contribution in [0.25, 0.3) is 0 Å². The van der Waals surface area contributed by atoms with Gasteiger partial charge in [0.2, 0.25) is 0 Å². The maximum atomic E-state index is 12.1. The number of pyridine rings is 1. The van der Waals surface area contributed by atoms with Crippen molar-refractivity contribution in [3.8, 4) is 0 Å². The molecule has 2 unspecified atom stereocenters. The van der Waals surface area contributed by atoms with Crippen LogP contribution in [-0.2, 0) is 9.63 Å². The number of aromatic nitrogens is 1. The summed E-state index contributed by atoms with van der Waals surface area (Å²) in [5.74, 6) is -1.05. The Labute approximate surface area is 159 Å². The highest BCUT2D eigenvalue weighted by Crippen LogP contribution is 2.41. The van der Waals surface area contributed by atoms with Gasteiger partial charge < -0.3 is 9.94 Å². The summed E-state index contributed by atoms with van der Waals surface area (Å²) in [5, 5.41) is 11.5. The Balaban J connectivity index is 1.57. The van der Waals surface area contributed by atoms with Gasteiger partial charge in [-0.3, -0.25) is 4.79 Å². The predicted molar refractivity (Wildman–Crippen MR) is 100 cm³/mol. The highest BCUT2D eigenvalue weighted by Gasteiger charge is 2.33. The number of amides is 1. The summed E-state index contributed by atoms with van der Waals surface area (Å²) in [4.78, 5) is 33.0. The van der Waals surface area contributed by atoms with Gasteiger partial charge in [-0.15, -0.1) is 5.06 Å². The topological polar surface area (TPSA) is 79.7 Å². The fraction of sp³-hybridized carbons (Fsp3) is 0.278. The first kappa shape index (κ1) is 18.8. The van der Waals surface area contributed by atoms with E-state index in [9.17, 15) is 14.7 Å². The van der Waals surface area contributed by atoms with Crippen LogP contribution in [0.4, 0.5) is 0 Å². The molecule has 1 fully saturated rings. The number of aliphatic hydroxyl groups is 1. The van der Waals surface area contributed by atoms with E-state index in [0.717, 1.165) is 15.7 Å². The van der Waals surface area contributed by atoms with Crippen LogP contribution in [0.15, 0.2) is 53.7 Å². The summed E-state index contributed by atoms with van der Waals surface area (Å²) in [7, 11) is 3.27. The van der Waals surface area contributed by atoms with Gasteiger partial charge in [-0.05, 0) is 47.5 Å². The molecular formula is C18H18N2O4S2. The predicted octanol–water partition coefficient (Wildman–Crippen LogP) is 3.60. The van der Waals surface area contributed by atoms with E-state index in [1.54, 1.807) is 39.9 Å². The summed E-state index contributed by atoms with van der Waals surface area (Å²) >= 11 is 0. The van der Waals surface area contributed by atoms with Crippen LogP contribution >= 0.6 is 21.6 Å². The first-order chi connectivity index (χ1) is 12.5. The van der Waals surface area contributed by atoms with E-state index in [2.05, 4.69) is 11.9 Å². The molecule has 2 atom stereocenters. The normalized spacial score (nSPS) is 18.0. The van der Waals surface area contributed by atoms with Crippen molar-refractivity contribution in [3.05, 3.63) is 59.8 Å². The Kier molecular flexibility index (Phi) is 6.18. The Bertz CT molecular complexity index is 771. The van der Waals surface area contributed by atoms with E-state index >= 15 is 0 Å². The third-order valence-electron chi connectivity index (χ3n) is 3.85. The molecule has 0 radical (unpaired) electrons. The van der Waals surface area contributed by atoms with Crippen molar-refractivity contribution < 1.29 is 19.5 Å². The molecule has 2 aromatic rings. The smallest absolute Gasteiger partial charge is 0.363 e. The van der Waals surface area contributed by atoms with Crippen LogP contribution < -0.4 is 0 Å². The Morgan fingerprint density at radius 1 is 1.31 bits per heavy atom. The van der Waals surface area contributed by atoms with E-state index < -0.39 is 12.2 Å². The van der Waals surface area contributed by atoms with Crippen molar-refractivity contribution >= 4 is 33.5 Å². The van der Waals surface area contributed by atoms with Crippen molar-refractivity contribution in [2.75, 3.05) is 0 Å². The molecule has 3 rings (SSSR count). The van der Waals surface area contributed by atoms with Crippen LogP contribution in [-0.4, -0.2) is 33.3 Å². The molecule has 8 heteroatoms. The number of carbonyl (C=O) groups is 2. The second-order valence-corrected chi connectivity index (χ2v) is 8.29. The first-order valence-electron chi connectivity index (χ1n) is 8.11. The van der Waals surface area contributed by atoms with Gasteiger partial charge in [0.25, 0.3) is 5.91 Å². The number of nitrogens with zero attached hydrogens (tertiary/aromatic N) is 2. The summed E-state index contributed by atoms with van der Waals surface area (Å²) < 4.78 is 0. The monoisotopic (exact) mass is 390 g/mol. The molecule has 1 aromatic heterocycles. The molecule has 0 spiro atoms. The molecule has 0 saturated carbocycles. The minimum Gasteiger partial charge on any atom is -0.370 e. The number of carbonyl (C=O) groups excluding carboxylic acids is 2. The van der Waals surface area contributed by atoms with Gasteiger partial charge >= 0.3 is 5.97 Å². The molecule has 1 aliphatic heterocycles. The van der Waals surface area contributed by atoms with E-state index in [-0.39, 0.29) is 24.0 Å². The fourth-order valence-corrected chi connectivity index (χ4v) is 4.47. The molecule has 1 aliphatic rings. The van der Waals surface area contributed by atoms with Crippen LogP contribution in [0.1, 0.15) is 40.9 Å². The Hall–Kier alpha value is -2.03. The van der Waals surface area contributed by atoms with E-state index in [1.165, 1.54) is 0 Å². The van der Waals surface area contributed by atoms with Crippen LogP contribution in [0.5, 0.6) is 0 Å². The largest absolute Gasteiger partial charge is 0.370 e. The zero-order valence-electron chi connectivity index (χ0n) is 14.1. The summed E-state index contributed by atoms with van der Waals surface area (Å²) in [6.07, 6.45) is 1.14. The lowest BCUT2D eigenvalue weighted by Crippen LogP contribution is -2.35. The van der Waals surface area contributed by atoms with Crippen molar-refractivity contribution in [3.63, 3.8) is 0 Å². The van der Waals surface area contributed by atoms with Crippen molar-refractivity contribution in [1.82, 2.24) is 10.0 Å². The quantitative estimate of drug-likeness (QED) is 0.755. The molecule has 26 heavy (non-hydrogen) atoms. The van der Waals surface area contributed by atoms with Crippen LogP contribution in [0.3, 0.4) is 0 Å². The van der Waals surface area contributed by atoms with Gasteiger partial charge in [-0.25, -0.2) is 9.78 Å². The summed E-state index contributed by atoms with van der Waals surface area (Å²) in [6.45, 7) is 2.08. The number of hydrogen-bond donors (Lipinski definition) is 1. The fourth-order valence-electron chi connectivity index (χ4n) is 2.36. The molecule has 1 aromatic carbocycles. The van der Waals surface area contributed by atoms with E-state index in [4.69, 9.17) is 4.84 Å². The van der Waals surface area contributed by atoms with Gasteiger partial charge in [0.05, 0.1) is 5.56 Å². The molecule has 0 aliphatic carbocycles. The maximum absolute atomic E-state index is 12.1. The Morgan fingerprint density at radius 2 is 2.08 bits per heavy atom. The molecular weight excluding hydrogens is 372 g/mol. The van der Waals surface area contributed by atoms with Gasteiger partial charge in [-0.1, -0.05) is 29.0 Å². The minimum absolute atomic E-state index is 0.177. The van der Waals surface area contributed by atoms with Crippen molar-refractivity contribution in [2.45, 2.75) is 36.3 Å². The molecule has 1 amide bonds. The van der Waals surface area contributed by atoms with Crippen molar-refractivity contribution in [2.24, 2.45) is 0 Å². The van der Waals surface area contributed by atoms with E-state index in [0.29, 0.717) is 5.56 Å². The number of hydroxylamine groups is 2. The first-order valence-corrected chi connectivity index (χ1v) is 10.3. The molecule has 0 bridgehead atoms. The van der Waals surface area contributed by atoms with Gasteiger partial charge in [0.1, 0.15) is 5.03 Å². The average molecular weight is 390 g/mol. The lowest BCUT2D eigenvalue weighted by molar-refractivity contribution is -0.191. The number of hydrogen-bond acceptors (Lipinski definition) is 7. The molecule has 6 nitrogen and oxygen atoms in total. The number of rotatable bonds is 6. The average Bonchev–Trinajstić information content (AvgIpc) is 2.99. The van der Waals surface area contributed by atoms with Gasteiger partial charge in [0, 0.05) is 24.3 Å². The highest BCUT2D eigenvalue weighted by atomic mass is 33.1.